The van der Waals surface area contributed by atoms with Gasteiger partial charge in [-0.3, -0.25) is 9.11 Å². The van der Waals surface area contributed by atoms with E-state index >= 15 is 0 Å². The molecule has 2 aromatic rings. The number of rotatable bonds is 2. The molecule has 0 atom stereocenters. The number of anilines is 2. The third kappa shape index (κ3) is 2.56. The number of nitrogens with two attached hydrogens (primary N) is 2. The van der Waals surface area contributed by atoms with Crippen LogP contribution in [0.25, 0.3) is 11.1 Å². The molecule has 1 aliphatic rings. The molecule has 1 aliphatic heterocycles. The molecule has 6 N–H and O–H groups in total. The molecular weight excluding hydrogens is 396 g/mol. The summed E-state index contributed by atoms with van der Waals surface area (Å²) >= 11 is 0. The third-order valence-corrected chi connectivity index (χ3v) is 7.30. The lowest BCUT2D eigenvalue weighted by Gasteiger charge is -2.07. The van der Waals surface area contributed by atoms with Gasteiger partial charge >= 0.3 is 0 Å². The van der Waals surface area contributed by atoms with Crippen molar-refractivity contribution in [2.75, 3.05) is 11.5 Å². The van der Waals surface area contributed by atoms with Crippen molar-refractivity contribution >= 4 is 41.4 Å². The molecule has 0 aromatic heterocycles. The van der Waals surface area contributed by atoms with Crippen molar-refractivity contribution in [1.29, 1.82) is 0 Å². The second-order valence-electron chi connectivity index (χ2n) is 5.23. The molecule has 10 nitrogen and oxygen atoms in total. The molecule has 0 amide bonds. The van der Waals surface area contributed by atoms with Gasteiger partial charge in [0, 0.05) is 11.1 Å². The van der Waals surface area contributed by atoms with Crippen LogP contribution in [0.15, 0.2) is 43.8 Å². The van der Waals surface area contributed by atoms with Crippen molar-refractivity contribution in [2.45, 2.75) is 19.6 Å². The molecule has 0 saturated heterocycles. The Kier molecular flexibility index (Phi) is 3.47. The number of hydrogen-bond acceptors (Lipinski definition) is 8. The van der Waals surface area contributed by atoms with E-state index in [9.17, 15) is 34.4 Å². The van der Waals surface area contributed by atoms with Crippen LogP contribution in [0.2, 0.25) is 0 Å². The van der Waals surface area contributed by atoms with Gasteiger partial charge < -0.3 is 11.5 Å². The van der Waals surface area contributed by atoms with Gasteiger partial charge in [0.1, 0.15) is 9.79 Å². The van der Waals surface area contributed by atoms with Crippen LogP contribution in [0.4, 0.5) is 11.4 Å². The Morgan fingerprint density at radius 1 is 0.720 bits per heavy atom. The van der Waals surface area contributed by atoms with Crippen molar-refractivity contribution in [3.63, 3.8) is 0 Å². The van der Waals surface area contributed by atoms with Gasteiger partial charge in [0.25, 0.3) is 20.2 Å². The van der Waals surface area contributed by atoms with E-state index in [2.05, 4.69) is 0 Å². The van der Waals surface area contributed by atoms with Gasteiger partial charge in [0.2, 0.25) is 9.84 Å². The summed E-state index contributed by atoms with van der Waals surface area (Å²) in [7, 11) is -13.7. The number of nitrogen functional groups attached to an aromatic ring is 2. The first kappa shape index (κ1) is 17.6. The third-order valence-electron chi connectivity index (χ3n) is 3.65. The van der Waals surface area contributed by atoms with Crippen molar-refractivity contribution in [1.82, 2.24) is 0 Å². The van der Waals surface area contributed by atoms with Crippen molar-refractivity contribution in [3.05, 3.63) is 24.3 Å². The summed E-state index contributed by atoms with van der Waals surface area (Å²) in [4.78, 5) is -2.22. The summed E-state index contributed by atoms with van der Waals surface area (Å²) in [6.07, 6.45) is 0. The molecule has 13 heteroatoms. The van der Waals surface area contributed by atoms with Crippen LogP contribution in [0.1, 0.15) is 0 Å². The van der Waals surface area contributed by atoms with E-state index < -0.39 is 51.2 Å². The molecule has 0 spiro atoms. The SMILES string of the molecule is Nc1cc2c(cc1S(=O)(=O)O)-c1cc(S(=O)(=O)O)c(N)cc1S2(=O)=O. The van der Waals surface area contributed by atoms with Gasteiger partial charge in [-0.25, -0.2) is 8.42 Å². The van der Waals surface area contributed by atoms with Gasteiger partial charge in [0.15, 0.2) is 0 Å². The number of sulfone groups is 1. The zero-order valence-corrected chi connectivity index (χ0v) is 14.5. The van der Waals surface area contributed by atoms with Gasteiger partial charge in [-0.15, -0.1) is 0 Å². The maximum atomic E-state index is 12.6. The molecule has 0 unspecified atom stereocenters. The van der Waals surface area contributed by atoms with E-state index in [4.69, 9.17) is 11.5 Å². The average Bonchev–Trinajstić information content (AvgIpc) is 2.63. The summed E-state index contributed by atoms with van der Waals surface area (Å²) in [5.41, 5.74) is 9.62. The summed E-state index contributed by atoms with van der Waals surface area (Å²) < 4.78 is 89.0. The lowest BCUT2D eigenvalue weighted by atomic mass is 10.1. The van der Waals surface area contributed by atoms with Gasteiger partial charge in [-0.05, 0) is 24.3 Å². The van der Waals surface area contributed by atoms with Crippen LogP contribution < -0.4 is 11.5 Å². The number of benzene rings is 2. The molecule has 1 heterocycles. The molecular formula is C12H10N2O8S3. The highest BCUT2D eigenvalue weighted by Crippen LogP contribution is 2.47. The van der Waals surface area contributed by atoms with Crippen molar-refractivity contribution in [3.8, 4) is 11.1 Å². The Bertz CT molecular complexity index is 1170. The summed E-state index contributed by atoms with van der Waals surface area (Å²) in [5, 5.41) is 0. The molecule has 0 saturated carbocycles. The van der Waals surface area contributed by atoms with Crippen LogP contribution in [0.5, 0.6) is 0 Å². The minimum absolute atomic E-state index is 0.193. The zero-order valence-electron chi connectivity index (χ0n) is 12.0. The van der Waals surface area contributed by atoms with Crippen LogP contribution in [-0.2, 0) is 30.1 Å². The van der Waals surface area contributed by atoms with Crippen molar-refractivity contribution in [2.24, 2.45) is 0 Å². The fourth-order valence-electron chi connectivity index (χ4n) is 2.58. The van der Waals surface area contributed by atoms with Gasteiger partial charge in [0.05, 0.1) is 21.2 Å². The Morgan fingerprint density at radius 2 is 1.04 bits per heavy atom. The Morgan fingerprint density at radius 3 is 1.32 bits per heavy atom. The normalized spacial score (nSPS) is 15.6. The molecule has 0 fully saturated rings. The minimum atomic E-state index is -4.75. The van der Waals surface area contributed by atoms with E-state index in [0.717, 1.165) is 24.3 Å². The van der Waals surface area contributed by atoms with E-state index in [0.29, 0.717) is 0 Å². The van der Waals surface area contributed by atoms with E-state index in [1.165, 1.54) is 0 Å². The van der Waals surface area contributed by atoms with Gasteiger partial charge in [-0.2, -0.15) is 16.8 Å². The molecule has 0 bridgehead atoms. The van der Waals surface area contributed by atoms with Crippen LogP contribution in [-0.4, -0.2) is 34.4 Å². The quantitative estimate of drug-likeness (QED) is 0.336. The first-order chi connectivity index (χ1) is 11.2. The molecule has 0 aliphatic carbocycles. The maximum absolute atomic E-state index is 12.6. The Hall–Kier alpha value is -2.19. The molecule has 25 heavy (non-hydrogen) atoms. The minimum Gasteiger partial charge on any atom is -0.398 e. The second kappa shape index (κ2) is 4.92. The summed E-state index contributed by atoms with van der Waals surface area (Å²) in [6, 6.07) is 3.31. The standard InChI is InChI=1S/C12H10N2O8S3/c13-7-3-9-5(1-11(7)24(17,18)19)6-2-12(25(20,21)22)8(14)4-10(6)23(9,15)16/h1-4H,13-14H2,(H,17,18,19)(H,20,21,22). The highest BCUT2D eigenvalue weighted by Gasteiger charge is 2.37. The average molecular weight is 406 g/mol. The van der Waals surface area contributed by atoms with Crippen molar-refractivity contribution < 1.29 is 34.4 Å². The monoisotopic (exact) mass is 406 g/mol. The first-order valence-electron chi connectivity index (χ1n) is 6.32. The van der Waals surface area contributed by atoms with Crippen LogP contribution in [0.3, 0.4) is 0 Å². The summed E-state index contributed by atoms with van der Waals surface area (Å²) in [5.74, 6) is 0. The fraction of sp³-hybridized carbons (Fsp3) is 0. The zero-order chi connectivity index (χ0) is 18.9. The fourth-order valence-corrected chi connectivity index (χ4v) is 5.55. The predicted molar refractivity (Wildman–Crippen MR) is 85.8 cm³/mol. The molecule has 2 aromatic carbocycles. The molecule has 0 radical (unpaired) electrons. The second-order valence-corrected chi connectivity index (χ2v) is 9.89. The lowest BCUT2D eigenvalue weighted by Crippen LogP contribution is -2.05. The first-order valence-corrected chi connectivity index (χ1v) is 10.7. The van der Waals surface area contributed by atoms with E-state index in [-0.39, 0.29) is 20.9 Å². The topological polar surface area (TPSA) is 195 Å². The Labute approximate surface area is 142 Å². The smallest absolute Gasteiger partial charge is 0.296 e. The largest absolute Gasteiger partial charge is 0.398 e. The van der Waals surface area contributed by atoms with E-state index in [1.807, 2.05) is 0 Å². The summed E-state index contributed by atoms with van der Waals surface area (Å²) in [6.45, 7) is 0. The molecule has 134 valence electrons. The Balaban J connectivity index is 2.49. The maximum Gasteiger partial charge on any atom is 0.296 e. The number of fused-ring (bicyclic) bond motifs is 3. The predicted octanol–water partition coefficient (Wildman–Crippen LogP) is 0.158. The van der Waals surface area contributed by atoms with Gasteiger partial charge in [-0.1, -0.05) is 0 Å². The lowest BCUT2D eigenvalue weighted by molar-refractivity contribution is 0.481. The van der Waals surface area contributed by atoms with Crippen LogP contribution >= 0.6 is 0 Å². The highest BCUT2D eigenvalue weighted by molar-refractivity contribution is 7.92. The van der Waals surface area contributed by atoms with E-state index in [1.54, 1.807) is 0 Å². The molecule has 3 rings (SSSR count). The number of hydrogen-bond donors (Lipinski definition) is 4. The van der Waals surface area contributed by atoms with Crippen LogP contribution in [0, 0.1) is 0 Å². The highest BCUT2D eigenvalue weighted by atomic mass is 32.2.